The van der Waals surface area contributed by atoms with Gasteiger partial charge in [-0.2, -0.15) is 4.98 Å². The van der Waals surface area contributed by atoms with E-state index in [0.717, 1.165) is 19.6 Å². The van der Waals surface area contributed by atoms with Gasteiger partial charge in [0, 0.05) is 37.3 Å². The van der Waals surface area contributed by atoms with Crippen LogP contribution in [0.15, 0.2) is 4.52 Å². The van der Waals surface area contributed by atoms with Gasteiger partial charge in [-0.05, 0) is 6.42 Å². The fraction of sp³-hybridized carbons (Fsp3) is 0.786. The van der Waals surface area contributed by atoms with E-state index in [9.17, 15) is 4.79 Å². The molecule has 2 rings (SSSR count). The van der Waals surface area contributed by atoms with Crippen molar-refractivity contribution in [3.63, 3.8) is 0 Å². The summed E-state index contributed by atoms with van der Waals surface area (Å²) in [5.41, 5.74) is -0.132. The van der Waals surface area contributed by atoms with Gasteiger partial charge in [0.15, 0.2) is 5.82 Å². The molecular formula is C14H23N3O3. The van der Waals surface area contributed by atoms with E-state index in [1.807, 2.05) is 20.8 Å². The number of aryl methyl sites for hydroxylation is 1. The summed E-state index contributed by atoms with van der Waals surface area (Å²) in [5.74, 6) is 1.67. The van der Waals surface area contributed by atoms with Crippen LogP contribution in [0.3, 0.4) is 0 Å². The third-order valence-corrected chi connectivity index (χ3v) is 3.32. The number of ether oxygens (including phenoxy) is 1. The van der Waals surface area contributed by atoms with Crippen LogP contribution in [0, 0.1) is 5.92 Å². The highest BCUT2D eigenvalue weighted by atomic mass is 16.5. The van der Waals surface area contributed by atoms with Crippen molar-refractivity contribution < 1.29 is 14.1 Å². The van der Waals surface area contributed by atoms with Gasteiger partial charge in [-0.1, -0.05) is 25.9 Å². The fourth-order valence-electron chi connectivity index (χ4n) is 1.97. The maximum Gasteiger partial charge on any atom is 0.227 e. The van der Waals surface area contributed by atoms with Gasteiger partial charge in [-0.3, -0.25) is 4.79 Å². The monoisotopic (exact) mass is 281 g/mol. The molecule has 1 N–H and O–H groups in total. The quantitative estimate of drug-likeness (QED) is 0.884. The molecule has 1 aliphatic heterocycles. The normalized spacial score (nSPS) is 19.2. The highest BCUT2D eigenvalue weighted by Crippen LogP contribution is 2.18. The molecule has 1 fully saturated rings. The lowest BCUT2D eigenvalue weighted by atomic mass is 9.96. The van der Waals surface area contributed by atoms with Crippen LogP contribution in [0.4, 0.5) is 0 Å². The first-order valence-electron chi connectivity index (χ1n) is 7.12. The molecule has 0 bridgehead atoms. The van der Waals surface area contributed by atoms with Gasteiger partial charge in [-0.25, -0.2) is 0 Å². The van der Waals surface area contributed by atoms with Crippen molar-refractivity contribution in [2.75, 3.05) is 19.8 Å². The summed E-state index contributed by atoms with van der Waals surface area (Å²) in [6.07, 6.45) is 1.88. The van der Waals surface area contributed by atoms with Crippen LogP contribution in [0.5, 0.6) is 0 Å². The largest absolute Gasteiger partial charge is 0.381 e. The van der Waals surface area contributed by atoms with Gasteiger partial charge in [0.1, 0.15) is 0 Å². The number of aromatic nitrogens is 2. The lowest BCUT2D eigenvalue weighted by Gasteiger charge is -2.10. The predicted molar refractivity (Wildman–Crippen MR) is 73.3 cm³/mol. The van der Waals surface area contributed by atoms with E-state index in [0.29, 0.717) is 37.0 Å². The zero-order valence-electron chi connectivity index (χ0n) is 12.4. The molecule has 1 aromatic heterocycles. The number of carbonyl (C=O) groups excluding carboxylic acids is 1. The Balaban J connectivity index is 1.71. The molecule has 1 aliphatic rings. The van der Waals surface area contributed by atoms with Crippen molar-refractivity contribution in [1.82, 2.24) is 15.5 Å². The van der Waals surface area contributed by atoms with Crippen molar-refractivity contribution in [3.05, 3.63) is 11.7 Å². The number of hydrogen-bond donors (Lipinski definition) is 1. The minimum absolute atomic E-state index is 0.0207. The van der Waals surface area contributed by atoms with E-state index in [4.69, 9.17) is 9.26 Å². The first kappa shape index (κ1) is 15.0. The molecule has 0 aromatic carbocycles. The zero-order chi connectivity index (χ0) is 14.6. The molecule has 1 atom stereocenters. The summed E-state index contributed by atoms with van der Waals surface area (Å²) in [5, 5.41) is 6.86. The van der Waals surface area contributed by atoms with Crippen LogP contribution in [-0.4, -0.2) is 35.8 Å². The Kier molecular flexibility index (Phi) is 4.75. The number of carbonyl (C=O) groups is 1. The molecule has 6 heteroatoms. The smallest absolute Gasteiger partial charge is 0.227 e. The van der Waals surface area contributed by atoms with Crippen molar-refractivity contribution in [1.29, 1.82) is 0 Å². The average Bonchev–Trinajstić information content (AvgIpc) is 3.04. The summed E-state index contributed by atoms with van der Waals surface area (Å²) in [7, 11) is 0. The summed E-state index contributed by atoms with van der Waals surface area (Å²) in [4.78, 5) is 16.0. The van der Waals surface area contributed by atoms with Crippen molar-refractivity contribution in [2.45, 2.75) is 45.4 Å². The third-order valence-electron chi connectivity index (χ3n) is 3.32. The van der Waals surface area contributed by atoms with Crippen molar-refractivity contribution in [3.8, 4) is 0 Å². The minimum atomic E-state index is -0.132. The highest BCUT2D eigenvalue weighted by molar-refractivity contribution is 5.75. The molecule has 2 heterocycles. The topological polar surface area (TPSA) is 77.2 Å². The van der Waals surface area contributed by atoms with Crippen molar-refractivity contribution >= 4 is 5.91 Å². The average molecular weight is 281 g/mol. The predicted octanol–water partition coefficient (Wildman–Crippen LogP) is 1.45. The summed E-state index contributed by atoms with van der Waals surface area (Å²) in [6, 6.07) is 0. The molecule has 1 saturated heterocycles. The van der Waals surface area contributed by atoms with Gasteiger partial charge < -0.3 is 14.6 Å². The number of nitrogens with zero attached hydrogens (tertiary/aromatic N) is 2. The fourth-order valence-corrected chi connectivity index (χ4v) is 1.97. The van der Waals surface area contributed by atoms with Crippen LogP contribution in [0.1, 0.15) is 45.3 Å². The van der Waals surface area contributed by atoms with Crippen molar-refractivity contribution in [2.24, 2.45) is 5.92 Å². The molecule has 0 spiro atoms. The van der Waals surface area contributed by atoms with Gasteiger partial charge in [0.2, 0.25) is 11.8 Å². The second-order valence-electron chi connectivity index (χ2n) is 6.30. The summed E-state index contributed by atoms with van der Waals surface area (Å²) >= 11 is 0. The zero-order valence-corrected chi connectivity index (χ0v) is 12.4. The second-order valence-corrected chi connectivity index (χ2v) is 6.30. The van der Waals surface area contributed by atoms with Gasteiger partial charge in [0.05, 0.1) is 6.61 Å². The molecule has 0 aliphatic carbocycles. The number of hydrogen-bond acceptors (Lipinski definition) is 5. The van der Waals surface area contributed by atoms with E-state index in [2.05, 4.69) is 15.5 Å². The molecule has 1 amide bonds. The molecule has 0 radical (unpaired) electrons. The minimum Gasteiger partial charge on any atom is -0.381 e. The standard InChI is InChI=1S/C14H23N3O3/c1-14(2,3)13-16-12(20-17-13)5-4-11(18)15-8-10-6-7-19-9-10/h10H,4-9H2,1-3H3,(H,15,18). The summed E-state index contributed by atoms with van der Waals surface area (Å²) < 4.78 is 10.4. The van der Waals surface area contributed by atoms with E-state index in [1.165, 1.54) is 0 Å². The molecule has 0 saturated carbocycles. The lowest BCUT2D eigenvalue weighted by molar-refractivity contribution is -0.121. The SMILES string of the molecule is CC(C)(C)c1noc(CCC(=O)NCC2CCOC2)n1. The van der Waals surface area contributed by atoms with Crippen LogP contribution in [0.25, 0.3) is 0 Å². The van der Waals surface area contributed by atoms with Crippen LogP contribution in [-0.2, 0) is 21.4 Å². The lowest BCUT2D eigenvalue weighted by Crippen LogP contribution is -2.29. The van der Waals surface area contributed by atoms with Gasteiger partial charge >= 0.3 is 0 Å². The molecule has 6 nitrogen and oxygen atoms in total. The maximum atomic E-state index is 11.7. The van der Waals surface area contributed by atoms with E-state index < -0.39 is 0 Å². The maximum absolute atomic E-state index is 11.7. The van der Waals surface area contributed by atoms with E-state index in [-0.39, 0.29) is 11.3 Å². The first-order valence-corrected chi connectivity index (χ1v) is 7.12. The Morgan fingerprint density at radius 1 is 1.45 bits per heavy atom. The van der Waals surface area contributed by atoms with Gasteiger partial charge in [0.25, 0.3) is 0 Å². The Bertz CT molecular complexity index is 445. The number of rotatable bonds is 5. The highest BCUT2D eigenvalue weighted by Gasteiger charge is 2.21. The van der Waals surface area contributed by atoms with Gasteiger partial charge in [-0.15, -0.1) is 0 Å². The van der Waals surface area contributed by atoms with Crippen LogP contribution >= 0.6 is 0 Å². The second kappa shape index (κ2) is 6.35. The Morgan fingerprint density at radius 3 is 2.85 bits per heavy atom. The van der Waals surface area contributed by atoms with Crippen LogP contribution < -0.4 is 5.32 Å². The first-order chi connectivity index (χ1) is 9.45. The number of nitrogens with one attached hydrogen (secondary N) is 1. The molecule has 112 valence electrons. The molecule has 20 heavy (non-hydrogen) atoms. The third kappa shape index (κ3) is 4.30. The van der Waals surface area contributed by atoms with Crippen LogP contribution in [0.2, 0.25) is 0 Å². The Morgan fingerprint density at radius 2 is 2.25 bits per heavy atom. The molecule has 1 aromatic rings. The van der Waals surface area contributed by atoms with E-state index in [1.54, 1.807) is 0 Å². The Labute approximate surface area is 119 Å². The molecule has 1 unspecified atom stereocenters. The summed E-state index contributed by atoms with van der Waals surface area (Å²) in [6.45, 7) is 8.32. The Hall–Kier alpha value is -1.43. The number of amides is 1. The van der Waals surface area contributed by atoms with E-state index >= 15 is 0 Å². The molecular weight excluding hydrogens is 258 g/mol.